The molecule has 7 heteroatoms. The van der Waals surface area contributed by atoms with E-state index >= 15 is 0 Å². The first-order valence-electron chi connectivity index (χ1n) is 9.33. The zero-order valence-corrected chi connectivity index (χ0v) is 15.4. The highest BCUT2D eigenvalue weighted by atomic mass is 19.4. The van der Waals surface area contributed by atoms with Crippen LogP contribution in [0.5, 0.6) is 5.75 Å². The Kier molecular flexibility index (Phi) is 4.90. The number of anilines is 1. The van der Waals surface area contributed by atoms with Gasteiger partial charge in [0.25, 0.3) is 0 Å². The SMILES string of the molecule is O=C(C=C1CCCOc2cc(C(F)(F)F)ccc21)Nc1ccc2c(c1)C(=O)CC2. The van der Waals surface area contributed by atoms with Crippen molar-refractivity contribution in [1.29, 1.82) is 0 Å². The van der Waals surface area contributed by atoms with Gasteiger partial charge in [-0.05, 0) is 54.7 Å². The van der Waals surface area contributed by atoms with E-state index in [-0.39, 0.29) is 18.1 Å². The molecule has 1 amide bonds. The van der Waals surface area contributed by atoms with Gasteiger partial charge in [-0.3, -0.25) is 9.59 Å². The van der Waals surface area contributed by atoms with E-state index in [1.165, 1.54) is 12.1 Å². The van der Waals surface area contributed by atoms with Crippen LogP contribution in [0.3, 0.4) is 0 Å². The Hall–Kier alpha value is -3.09. The van der Waals surface area contributed by atoms with Gasteiger partial charge >= 0.3 is 6.18 Å². The summed E-state index contributed by atoms with van der Waals surface area (Å²) in [5, 5.41) is 2.74. The van der Waals surface area contributed by atoms with E-state index < -0.39 is 17.6 Å². The van der Waals surface area contributed by atoms with Crippen LogP contribution in [0.2, 0.25) is 0 Å². The van der Waals surface area contributed by atoms with Crippen LogP contribution in [0, 0.1) is 0 Å². The molecule has 4 nitrogen and oxygen atoms in total. The molecular weight excluding hydrogens is 383 g/mol. The normalized spacial score (nSPS) is 17.3. The monoisotopic (exact) mass is 401 g/mol. The van der Waals surface area contributed by atoms with E-state index in [2.05, 4.69) is 5.32 Å². The number of fused-ring (bicyclic) bond motifs is 2. The van der Waals surface area contributed by atoms with Crippen LogP contribution < -0.4 is 10.1 Å². The second-order valence-corrected chi connectivity index (χ2v) is 7.11. The Labute approximate surface area is 165 Å². The fraction of sp³-hybridized carbons (Fsp3) is 0.273. The summed E-state index contributed by atoms with van der Waals surface area (Å²) in [6.45, 7) is 0.278. The maximum atomic E-state index is 13.0. The Morgan fingerprint density at radius 3 is 2.66 bits per heavy atom. The number of Topliss-reactive ketones (excluding diaryl/α,β-unsaturated/α-hetero) is 1. The third-order valence-corrected chi connectivity index (χ3v) is 5.11. The van der Waals surface area contributed by atoms with E-state index in [1.807, 2.05) is 6.07 Å². The highest BCUT2D eigenvalue weighted by Gasteiger charge is 2.32. The second-order valence-electron chi connectivity index (χ2n) is 7.11. The van der Waals surface area contributed by atoms with Crippen LogP contribution in [0.25, 0.3) is 5.57 Å². The van der Waals surface area contributed by atoms with Crippen LogP contribution in [-0.4, -0.2) is 18.3 Å². The largest absolute Gasteiger partial charge is 0.493 e. The van der Waals surface area contributed by atoms with E-state index in [4.69, 9.17) is 4.74 Å². The molecule has 0 saturated carbocycles. The molecule has 0 aromatic heterocycles. The van der Waals surface area contributed by atoms with Gasteiger partial charge in [0.2, 0.25) is 5.91 Å². The first-order valence-corrected chi connectivity index (χ1v) is 9.33. The first-order chi connectivity index (χ1) is 13.8. The summed E-state index contributed by atoms with van der Waals surface area (Å²) in [6.07, 6.45) is -0.791. The number of allylic oxidation sites excluding steroid dienone is 1. The average molecular weight is 401 g/mol. The Bertz CT molecular complexity index is 1020. The lowest BCUT2D eigenvalue weighted by atomic mass is 9.99. The minimum Gasteiger partial charge on any atom is -0.493 e. The lowest BCUT2D eigenvalue weighted by Gasteiger charge is -2.13. The topological polar surface area (TPSA) is 55.4 Å². The quantitative estimate of drug-likeness (QED) is 0.719. The van der Waals surface area contributed by atoms with Gasteiger partial charge < -0.3 is 10.1 Å². The van der Waals surface area contributed by atoms with Crippen LogP contribution in [0.15, 0.2) is 42.5 Å². The number of rotatable bonds is 2. The molecule has 1 heterocycles. The second kappa shape index (κ2) is 7.39. The van der Waals surface area contributed by atoms with Gasteiger partial charge in [0.15, 0.2) is 5.78 Å². The molecule has 2 aliphatic rings. The summed E-state index contributed by atoms with van der Waals surface area (Å²) in [7, 11) is 0. The Morgan fingerprint density at radius 2 is 1.86 bits per heavy atom. The van der Waals surface area contributed by atoms with E-state index in [1.54, 1.807) is 12.1 Å². The van der Waals surface area contributed by atoms with Crippen molar-refractivity contribution < 1.29 is 27.5 Å². The standard InChI is InChI=1S/C22H18F3NO3/c23-22(24,25)15-5-7-17-14(2-1-9-29-20(17)11-15)10-21(28)26-16-6-3-13-4-8-19(27)18(13)12-16/h3,5-7,10-12H,1-2,4,8-9H2,(H,26,28). The molecule has 150 valence electrons. The van der Waals surface area contributed by atoms with Crippen molar-refractivity contribution in [2.24, 2.45) is 0 Å². The van der Waals surface area contributed by atoms with Gasteiger partial charge in [-0.1, -0.05) is 12.1 Å². The number of nitrogens with one attached hydrogen (secondary N) is 1. The number of ketones is 1. The summed E-state index contributed by atoms with van der Waals surface area (Å²) in [6, 6.07) is 8.55. The number of carbonyl (C=O) groups excluding carboxylic acids is 2. The maximum absolute atomic E-state index is 13.0. The number of hydrogen-bond acceptors (Lipinski definition) is 3. The first kappa shape index (κ1) is 19.2. The average Bonchev–Trinajstić information content (AvgIpc) is 2.91. The van der Waals surface area contributed by atoms with Gasteiger partial charge in [0.1, 0.15) is 5.75 Å². The minimum atomic E-state index is -4.46. The molecule has 0 unspecified atom stereocenters. The Balaban J connectivity index is 1.59. The molecule has 0 spiro atoms. The molecular formula is C22H18F3NO3. The number of carbonyl (C=O) groups is 2. The minimum absolute atomic E-state index is 0.0600. The number of hydrogen-bond donors (Lipinski definition) is 1. The van der Waals surface area contributed by atoms with Gasteiger partial charge in [0.05, 0.1) is 12.2 Å². The molecule has 29 heavy (non-hydrogen) atoms. The van der Waals surface area contributed by atoms with Crippen LogP contribution in [0.1, 0.15) is 46.3 Å². The predicted molar refractivity (Wildman–Crippen MR) is 102 cm³/mol. The fourth-order valence-electron chi connectivity index (χ4n) is 3.66. The van der Waals surface area contributed by atoms with Crippen molar-refractivity contribution in [1.82, 2.24) is 0 Å². The van der Waals surface area contributed by atoms with Crippen molar-refractivity contribution >= 4 is 23.0 Å². The molecule has 1 N–H and O–H groups in total. The number of halogens is 3. The number of benzene rings is 2. The molecule has 0 fully saturated rings. The molecule has 1 aliphatic carbocycles. The lowest BCUT2D eigenvalue weighted by Crippen LogP contribution is -2.10. The van der Waals surface area contributed by atoms with Gasteiger partial charge in [0, 0.05) is 29.3 Å². The van der Waals surface area contributed by atoms with Gasteiger partial charge in [-0.15, -0.1) is 0 Å². The van der Waals surface area contributed by atoms with E-state index in [9.17, 15) is 22.8 Å². The molecule has 1 aliphatic heterocycles. The number of alkyl halides is 3. The van der Waals surface area contributed by atoms with Crippen LogP contribution >= 0.6 is 0 Å². The van der Waals surface area contributed by atoms with Crippen LogP contribution in [0.4, 0.5) is 18.9 Å². The van der Waals surface area contributed by atoms with E-state index in [0.29, 0.717) is 48.1 Å². The molecule has 0 radical (unpaired) electrons. The zero-order valence-electron chi connectivity index (χ0n) is 15.4. The van der Waals surface area contributed by atoms with Crippen molar-refractivity contribution in [3.63, 3.8) is 0 Å². The maximum Gasteiger partial charge on any atom is 0.416 e. The number of amides is 1. The smallest absolute Gasteiger partial charge is 0.416 e. The highest BCUT2D eigenvalue weighted by molar-refractivity contribution is 6.06. The van der Waals surface area contributed by atoms with Crippen molar-refractivity contribution in [2.75, 3.05) is 11.9 Å². The molecule has 0 atom stereocenters. The third kappa shape index (κ3) is 4.04. The van der Waals surface area contributed by atoms with Crippen molar-refractivity contribution in [3.8, 4) is 5.75 Å². The molecule has 2 aromatic rings. The Morgan fingerprint density at radius 1 is 1.03 bits per heavy atom. The van der Waals surface area contributed by atoms with Crippen molar-refractivity contribution in [2.45, 2.75) is 31.9 Å². The highest BCUT2D eigenvalue weighted by Crippen LogP contribution is 2.38. The molecule has 0 bridgehead atoms. The molecule has 2 aromatic carbocycles. The van der Waals surface area contributed by atoms with Gasteiger partial charge in [-0.2, -0.15) is 13.2 Å². The van der Waals surface area contributed by atoms with Crippen molar-refractivity contribution in [3.05, 3.63) is 64.7 Å². The third-order valence-electron chi connectivity index (χ3n) is 5.11. The zero-order chi connectivity index (χ0) is 20.6. The lowest BCUT2D eigenvalue weighted by molar-refractivity contribution is -0.137. The summed E-state index contributed by atoms with van der Waals surface area (Å²) >= 11 is 0. The summed E-state index contributed by atoms with van der Waals surface area (Å²) in [5.74, 6) is -0.220. The fourth-order valence-corrected chi connectivity index (χ4v) is 3.66. The molecule has 0 saturated heterocycles. The number of aryl methyl sites for hydroxylation is 1. The van der Waals surface area contributed by atoms with Gasteiger partial charge in [-0.25, -0.2) is 0 Å². The number of ether oxygens (including phenoxy) is 1. The summed E-state index contributed by atoms with van der Waals surface area (Å²) in [5.41, 5.74) is 2.42. The summed E-state index contributed by atoms with van der Waals surface area (Å²) < 4.78 is 44.4. The van der Waals surface area contributed by atoms with E-state index in [0.717, 1.165) is 17.7 Å². The van der Waals surface area contributed by atoms with Crippen LogP contribution in [-0.2, 0) is 17.4 Å². The summed E-state index contributed by atoms with van der Waals surface area (Å²) in [4.78, 5) is 24.4. The molecule has 4 rings (SSSR count). The predicted octanol–water partition coefficient (Wildman–Crippen LogP) is 5.03.